The van der Waals surface area contributed by atoms with E-state index in [-0.39, 0.29) is 6.10 Å². The van der Waals surface area contributed by atoms with E-state index in [2.05, 4.69) is 26.2 Å². The fraction of sp³-hybridized carbons (Fsp3) is 0.267. The van der Waals surface area contributed by atoms with E-state index in [1.807, 2.05) is 56.3 Å². The second kappa shape index (κ2) is 6.57. The van der Waals surface area contributed by atoms with Gasteiger partial charge in [-0.2, -0.15) is 0 Å². The van der Waals surface area contributed by atoms with Gasteiger partial charge < -0.3 is 10.1 Å². The molecule has 19 heavy (non-hydrogen) atoms. The number of nitrogens with zero attached hydrogens (tertiary/aromatic N) is 1. The minimum atomic E-state index is 0.159. The van der Waals surface area contributed by atoms with Gasteiger partial charge in [-0.15, -0.1) is 0 Å². The molecule has 2 rings (SSSR count). The van der Waals surface area contributed by atoms with Crippen molar-refractivity contribution < 1.29 is 4.74 Å². The number of nitrogens with one attached hydrogen (secondary N) is 1. The Bertz CT molecular complexity index is 543. The largest absolute Gasteiger partial charge is 0.489 e. The van der Waals surface area contributed by atoms with Gasteiger partial charge in [0.15, 0.2) is 0 Å². The summed E-state index contributed by atoms with van der Waals surface area (Å²) in [6.45, 7) is 4.71. The van der Waals surface area contributed by atoms with Crippen LogP contribution in [0.4, 0.5) is 5.69 Å². The maximum atomic E-state index is 5.77. The lowest BCUT2D eigenvalue weighted by molar-refractivity contribution is 0.243. The maximum Gasteiger partial charge on any atom is 0.142 e. The highest BCUT2D eigenvalue weighted by Crippen LogP contribution is 2.25. The lowest BCUT2D eigenvalue weighted by Gasteiger charge is -2.15. The molecule has 0 aliphatic rings. The second-order valence-corrected chi connectivity index (χ2v) is 5.28. The minimum Gasteiger partial charge on any atom is -0.489 e. The number of anilines is 1. The maximum absolute atomic E-state index is 5.77. The van der Waals surface area contributed by atoms with Crippen LogP contribution in [-0.2, 0) is 6.54 Å². The van der Waals surface area contributed by atoms with E-state index in [0.717, 1.165) is 21.7 Å². The molecule has 0 radical (unpaired) electrons. The van der Waals surface area contributed by atoms with Gasteiger partial charge in [-0.1, -0.05) is 18.2 Å². The molecule has 0 fully saturated rings. The Hall–Kier alpha value is -1.55. The molecular formula is C15H17BrN2O. The number of hydrogen-bond donors (Lipinski definition) is 1. The van der Waals surface area contributed by atoms with Crippen molar-refractivity contribution in [2.24, 2.45) is 0 Å². The van der Waals surface area contributed by atoms with Crippen LogP contribution in [0.5, 0.6) is 5.75 Å². The molecule has 0 aliphatic heterocycles. The van der Waals surface area contributed by atoms with Gasteiger partial charge in [-0.3, -0.25) is 0 Å². The van der Waals surface area contributed by atoms with Crippen LogP contribution in [0.1, 0.15) is 19.5 Å². The van der Waals surface area contributed by atoms with Crippen molar-refractivity contribution >= 4 is 21.6 Å². The number of aromatic nitrogens is 1. The van der Waals surface area contributed by atoms with Crippen molar-refractivity contribution in [2.45, 2.75) is 26.5 Å². The first-order valence-electron chi connectivity index (χ1n) is 6.26. The van der Waals surface area contributed by atoms with E-state index < -0.39 is 0 Å². The Kier molecular flexibility index (Phi) is 4.80. The predicted molar refractivity (Wildman–Crippen MR) is 81.5 cm³/mol. The van der Waals surface area contributed by atoms with E-state index in [9.17, 15) is 0 Å². The molecule has 2 aromatic rings. The van der Waals surface area contributed by atoms with Gasteiger partial charge in [0, 0.05) is 0 Å². The summed E-state index contributed by atoms with van der Waals surface area (Å²) in [5.74, 6) is 0.868. The van der Waals surface area contributed by atoms with Crippen molar-refractivity contribution in [1.82, 2.24) is 4.98 Å². The molecule has 1 heterocycles. The normalized spacial score (nSPS) is 10.5. The summed E-state index contributed by atoms with van der Waals surface area (Å²) in [7, 11) is 0. The smallest absolute Gasteiger partial charge is 0.142 e. The molecule has 1 N–H and O–H groups in total. The van der Waals surface area contributed by atoms with E-state index in [1.165, 1.54) is 0 Å². The minimum absolute atomic E-state index is 0.159. The van der Waals surface area contributed by atoms with Crippen LogP contribution in [-0.4, -0.2) is 11.1 Å². The third-order valence-corrected chi connectivity index (χ3v) is 2.92. The standard InChI is InChI=1S/C15H17BrN2O/c1-11(2)19-14-8-4-3-7-13(14)17-10-12-6-5-9-15(16)18-12/h3-9,11,17H,10H2,1-2H3. The lowest BCUT2D eigenvalue weighted by atomic mass is 10.2. The molecule has 0 unspecified atom stereocenters. The fourth-order valence-electron chi connectivity index (χ4n) is 1.70. The fourth-order valence-corrected chi connectivity index (χ4v) is 2.08. The molecule has 1 aromatic carbocycles. The van der Waals surface area contributed by atoms with Crippen LogP contribution in [0, 0.1) is 0 Å². The molecule has 0 spiro atoms. The van der Waals surface area contributed by atoms with Gasteiger partial charge in [0.2, 0.25) is 0 Å². The zero-order valence-corrected chi connectivity index (χ0v) is 12.6. The predicted octanol–water partition coefficient (Wildman–Crippen LogP) is 4.24. The molecule has 0 amide bonds. The molecule has 3 nitrogen and oxygen atoms in total. The molecule has 4 heteroatoms. The highest BCUT2D eigenvalue weighted by Gasteiger charge is 2.05. The highest BCUT2D eigenvalue weighted by molar-refractivity contribution is 9.10. The number of halogens is 1. The van der Waals surface area contributed by atoms with E-state index in [0.29, 0.717) is 6.54 Å². The monoisotopic (exact) mass is 320 g/mol. The Balaban J connectivity index is 2.07. The van der Waals surface area contributed by atoms with Gasteiger partial charge in [0.25, 0.3) is 0 Å². The van der Waals surface area contributed by atoms with E-state index in [1.54, 1.807) is 0 Å². The number of hydrogen-bond acceptors (Lipinski definition) is 3. The number of para-hydroxylation sites is 2. The number of benzene rings is 1. The lowest BCUT2D eigenvalue weighted by Crippen LogP contribution is -2.09. The molecule has 0 saturated heterocycles. The Morgan fingerprint density at radius 1 is 1.16 bits per heavy atom. The molecular weight excluding hydrogens is 304 g/mol. The van der Waals surface area contributed by atoms with E-state index >= 15 is 0 Å². The Morgan fingerprint density at radius 3 is 2.68 bits per heavy atom. The molecule has 0 atom stereocenters. The summed E-state index contributed by atoms with van der Waals surface area (Å²) in [5, 5.41) is 3.35. The SMILES string of the molecule is CC(C)Oc1ccccc1NCc1cccc(Br)n1. The first-order chi connectivity index (χ1) is 9.15. The second-order valence-electron chi connectivity index (χ2n) is 4.47. The number of pyridine rings is 1. The molecule has 1 aromatic heterocycles. The first kappa shape index (κ1) is 13.9. The topological polar surface area (TPSA) is 34.1 Å². The summed E-state index contributed by atoms with van der Waals surface area (Å²) in [6.07, 6.45) is 0.159. The molecule has 100 valence electrons. The third-order valence-electron chi connectivity index (χ3n) is 2.48. The Morgan fingerprint density at radius 2 is 1.95 bits per heavy atom. The summed E-state index contributed by atoms with van der Waals surface area (Å²) in [5.41, 5.74) is 1.96. The zero-order chi connectivity index (χ0) is 13.7. The van der Waals surface area contributed by atoms with Crippen LogP contribution in [0.15, 0.2) is 47.1 Å². The molecule has 0 saturated carbocycles. The summed E-state index contributed by atoms with van der Waals surface area (Å²) >= 11 is 3.37. The average Bonchev–Trinajstić information content (AvgIpc) is 2.37. The zero-order valence-electron chi connectivity index (χ0n) is 11.1. The highest BCUT2D eigenvalue weighted by atomic mass is 79.9. The van der Waals surface area contributed by atoms with Gasteiger partial charge in [0.1, 0.15) is 10.4 Å². The van der Waals surface area contributed by atoms with Crippen LogP contribution < -0.4 is 10.1 Å². The quantitative estimate of drug-likeness (QED) is 0.836. The first-order valence-corrected chi connectivity index (χ1v) is 7.05. The van der Waals surface area contributed by atoms with Gasteiger partial charge in [-0.05, 0) is 54.0 Å². The van der Waals surface area contributed by atoms with Crippen molar-refractivity contribution in [1.29, 1.82) is 0 Å². The van der Waals surface area contributed by atoms with Crippen molar-refractivity contribution in [3.8, 4) is 5.75 Å². The van der Waals surface area contributed by atoms with Crippen molar-refractivity contribution in [3.63, 3.8) is 0 Å². The van der Waals surface area contributed by atoms with Gasteiger partial charge >= 0.3 is 0 Å². The van der Waals surface area contributed by atoms with Gasteiger partial charge in [0.05, 0.1) is 24.0 Å². The third kappa shape index (κ3) is 4.24. The van der Waals surface area contributed by atoms with Crippen molar-refractivity contribution in [3.05, 3.63) is 52.8 Å². The Labute approximate surface area is 122 Å². The summed E-state index contributed by atoms with van der Waals surface area (Å²) in [4.78, 5) is 4.39. The average molecular weight is 321 g/mol. The molecule has 0 bridgehead atoms. The van der Waals surface area contributed by atoms with E-state index in [4.69, 9.17) is 4.74 Å². The van der Waals surface area contributed by atoms with Crippen LogP contribution in [0.25, 0.3) is 0 Å². The van der Waals surface area contributed by atoms with Crippen LogP contribution >= 0.6 is 15.9 Å². The summed E-state index contributed by atoms with van der Waals surface area (Å²) < 4.78 is 6.61. The number of ether oxygens (including phenoxy) is 1. The van der Waals surface area contributed by atoms with Crippen molar-refractivity contribution in [2.75, 3.05) is 5.32 Å². The summed E-state index contributed by atoms with van der Waals surface area (Å²) in [6, 6.07) is 13.8. The number of rotatable bonds is 5. The van der Waals surface area contributed by atoms with Crippen LogP contribution in [0.3, 0.4) is 0 Å². The van der Waals surface area contributed by atoms with Gasteiger partial charge in [-0.25, -0.2) is 4.98 Å². The molecule has 0 aliphatic carbocycles. The van der Waals surface area contributed by atoms with Crippen LogP contribution in [0.2, 0.25) is 0 Å².